The number of piperidine rings is 1. The number of pyridine rings is 1. The number of methoxy groups -OCH3 is 2. The number of likely N-dealkylation sites (tertiary alicyclic amines) is 1. The van der Waals surface area contributed by atoms with Crippen molar-refractivity contribution < 1.29 is 14.3 Å². The van der Waals surface area contributed by atoms with E-state index in [0.717, 1.165) is 49.5 Å². The normalized spacial score (nSPS) is 18.0. The second kappa shape index (κ2) is 11.1. The number of amides is 1. The second-order valence-corrected chi connectivity index (χ2v) is 7.95. The quantitative estimate of drug-likeness (QED) is 0.684. The Morgan fingerprint density at radius 3 is 2.87 bits per heavy atom. The molecule has 0 bridgehead atoms. The zero-order chi connectivity index (χ0) is 21.3. The first kappa shape index (κ1) is 22.2. The maximum Gasteiger partial charge on any atom is 0.222 e. The van der Waals surface area contributed by atoms with E-state index in [1.54, 1.807) is 20.4 Å². The van der Waals surface area contributed by atoms with E-state index in [1.165, 1.54) is 5.56 Å². The summed E-state index contributed by atoms with van der Waals surface area (Å²) in [4.78, 5) is 19.5. The monoisotopic (exact) mass is 411 g/mol. The van der Waals surface area contributed by atoms with Crippen molar-refractivity contribution in [1.29, 1.82) is 0 Å². The minimum atomic E-state index is -0.0993. The molecule has 2 aromatic rings. The van der Waals surface area contributed by atoms with Crippen LogP contribution >= 0.6 is 0 Å². The summed E-state index contributed by atoms with van der Waals surface area (Å²) in [7, 11) is 3.35. The summed E-state index contributed by atoms with van der Waals surface area (Å²) in [5, 5.41) is 3.22. The summed E-state index contributed by atoms with van der Waals surface area (Å²) in [6, 6.07) is 12.1. The van der Waals surface area contributed by atoms with E-state index < -0.39 is 0 Å². The molecule has 1 amide bonds. The molecule has 1 aliphatic rings. The van der Waals surface area contributed by atoms with Crippen molar-refractivity contribution in [3.8, 4) is 5.75 Å². The first-order valence-electron chi connectivity index (χ1n) is 10.7. The fraction of sp³-hybridized carbons (Fsp3) is 0.500. The van der Waals surface area contributed by atoms with E-state index in [0.29, 0.717) is 18.9 Å². The van der Waals surface area contributed by atoms with Gasteiger partial charge < -0.3 is 14.8 Å². The van der Waals surface area contributed by atoms with Crippen molar-refractivity contribution in [3.63, 3.8) is 0 Å². The van der Waals surface area contributed by atoms with E-state index in [2.05, 4.69) is 40.3 Å². The third kappa shape index (κ3) is 5.80. The Kier molecular flexibility index (Phi) is 8.22. The van der Waals surface area contributed by atoms with Crippen LogP contribution in [0, 0.1) is 12.8 Å². The van der Waals surface area contributed by atoms with Crippen LogP contribution in [0.4, 0.5) is 0 Å². The molecule has 3 rings (SSSR count). The topological polar surface area (TPSA) is 63.7 Å². The maximum absolute atomic E-state index is 12.5. The Labute approximate surface area is 179 Å². The molecule has 0 aliphatic carbocycles. The predicted octanol–water partition coefficient (Wildman–Crippen LogP) is 3.50. The third-order valence-electron chi connectivity index (χ3n) is 5.76. The molecule has 1 N–H and O–H groups in total. The average Bonchev–Trinajstić information content (AvgIpc) is 2.77. The Hall–Kier alpha value is -2.44. The van der Waals surface area contributed by atoms with E-state index in [9.17, 15) is 4.79 Å². The Morgan fingerprint density at radius 2 is 2.13 bits per heavy atom. The number of nitrogens with one attached hydrogen (secondary N) is 1. The van der Waals surface area contributed by atoms with E-state index in [4.69, 9.17) is 9.47 Å². The summed E-state index contributed by atoms with van der Waals surface area (Å²) < 4.78 is 10.7. The maximum atomic E-state index is 12.5. The predicted molar refractivity (Wildman–Crippen MR) is 117 cm³/mol. The number of aryl methyl sites for hydroxylation is 1. The van der Waals surface area contributed by atoms with Gasteiger partial charge in [-0.3, -0.25) is 14.7 Å². The van der Waals surface area contributed by atoms with Gasteiger partial charge >= 0.3 is 0 Å². The Balaban J connectivity index is 1.74. The summed E-state index contributed by atoms with van der Waals surface area (Å²) in [5.41, 5.74) is 3.28. The number of hydrogen-bond donors (Lipinski definition) is 1. The molecule has 2 atom stereocenters. The molecule has 2 heterocycles. The zero-order valence-electron chi connectivity index (χ0n) is 18.3. The van der Waals surface area contributed by atoms with Crippen molar-refractivity contribution in [3.05, 3.63) is 59.4 Å². The largest absolute Gasteiger partial charge is 0.496 e. The molecule has 0 radical (unpaired) electrons. The summed E-state index contributed by atoms with van der Waals surface area (Å²) in [6.45, 7) is 5.29. The SMILES string of the molecule is COCCC(=O)NC(c1ccccn1)C1CCCN(Cc2cccc(C)c2OC)C1. The number of hydrogen-bond acceptors (Lipinski definition) is 5. The summed E-state index contributed by atoms with van der Waals surface area (Å²) >= 11 is 0. The van der Waals surface area contributed by atoms with Gasteiger partial charge in [-0.05, 0) is 49.9 Å². The number of carbonyl (C=O) groups is 1. The molecular weight excluding hydrogens is 378 g/mol. The van der Waals surface area contributed by atoms with Crippen molar-refractivity contribution in [1.82, 2.24) is 15.2 Å². The Bertz CT molecular complexity index is 813. The lowest BCUT2D eigenvalue weighted by atomic mass is 9.88. The molecule has 6 heteroatoms. The molecule has 1 aromatic carbocycles. The van der Waals surface area contributed by atoms with Gasteiger partial charge in [-0.2, -0.15) is 0 Å². The van der Waals surface area contributed by atoms with Gasteiger partial charge in [0.1, 0.15) is 5.75 Å². The van der Waals surface area contributed by atoms with E-state index in [1.807, 2.05) is 18.2 Å². The highest BCUT2D eigenvalue weighted by molar-refractivity contribution is 5.76. The number of rotatable bonds is 9. The van der Waals surface area contributed by atoms with Gasteiger partial charge in [0.05, 0.1) is 25.5 Å². The smallest absolute Gasteiger partial charge is 0.222 e. The van der Waals surface area contributed by atoms with Crippen LogP contribution in [0.2, 0.25) is 0 Å². The molecule has 1 aliphatic heterocycles. The van der Waals surface area contributed by atoms with Gasteiger partial charge in [0.25, 0.3) is 0 Å². The number of nitrogens with zero attached hydrogens (tertiary/aromatic N) is 2. The van der Waals surface area contributed by atoms with Gasteiger partial charge in [-0.15, -0.1) is 0 Å². The third-order valence-corrected chi connectivity index (χ3v) is 5.76. The molecule has 1 saturated heterocycles. The number of benzene rings is 1. The summed E-state index contributed by atoms with van der Waals surface area (Å²) in [6.07, 6.45) is 4.31. The standard InChI is InChI=1S/C24H33N3O3/c1-18-8-6-9-20(24(18)30-3)17-27-14-7-10-19(16-27)23(21-11-4-5-13-25-21)26-22(28)12-15-29-2/h4-6,8-9,11,13,19,23H,7,10,12,14-17H2,1-3H3,(H,26,28). The minimum absolute atomic E-state index is 0.00461. The van der Waals surface area contributed by atoms with Crippen LogP contribution in [0.5, 0.6) is 5.75 Å². The van der Waals surface area contributed by atoms with Gasteiger partial charge in [0.15, 0.2) is 0 Å². The molecule has 30 heavy (non-hydrogen) atoms. The fourth-order valence-corrected chi connectivity index (χ4v) is 4.31. The zero-order valence-corrected chi connectivity index (χ0v) is 18.3. The average molecular weight is 412 g/mol. The summed E-state index contributed by atoms with van der Waals surface area (Å²) in [5.74, 6) is 1.27. The van der Waals surface area contributed by atoms with Gasteiger partial charge in [0.2, 0.25) is 5.91 Å². The highest BCUT2D eigenvalue weighted by Crippen LogP contribution is 2.31. The van der Waals surface area contributed by atoms with Crippen molar-refractivity contribution >= 4 is 5.91 Å². The second-order valence-electron chi connectivity index (χ2n) is 7.95. The number of para-hydroxylation sites is 1. The van der Waals surface area contributed by atoms with Gasteiger partial charge in [0, 0.05) is 38.4 Å². The van der Waals surface area contributed by atoms with Crippen LogP contribution in [-0.4, -0.2) is 49.7 Å². The molecule has 0 spiro atoms. The van der Waals surface area contributed by atoms with Crippen LogP contribution in [0.3, 0.4) is 0 Å². The van der Waals surface area contributed by atoms with Gasteiger partial charge in [-0.1, -0.05) is 24.3 Å². The van der Waals surface area contributed by atoms with Crippen LogP contribution in [-0.2, 0) is 16.1 Å². The lowest BCUT2D eigenvalue weighted by Crippen LogP contribution is -2.43. The lowest BCUT2D eigenvalue weighted by molar-refractivity contribution is -0.123. The van der Waals surface area contributed by atoms with E-state index >= 15 is 0 Å². The highest BCUT2D eigenvalue weighted by atomic mass is 16.5. The minimum Gasteiger partial charge on any atom is -0.496 e. The lowest BCUT2D eigenvalue weighted by Gasteiger charge is -2.37. The van der Waals surface area contributed by atoms with Crippen LogP contribution in [0.15, 0.2) is 42.6 Å². The first-order valence-corrected chi connectivity index (χ1v) is 10.7. The molecule has 162 valence electrons. The van der Waals surface area contributed by atoms with Crippen LogP contribution < -0.4 is 10.1 Å². The molecule has 6 nitrogen and oxygen atoms in total. The van der Waals surface area contributed by atoms with Crippen molar-refractivity contribution in [2.24, 2.45) is 5.92 Å². The van der Waals surface area contributed by atoms with E-state index in [-0.39, 0.29) is 11.9 Å². The number of ether oxygens (including phenoxy) is 2. The van der Waals surface area contributed by atoms with Crippen molar-refractivity contribution in [2.45, 2.75) is 38.8 Å². The molecule has 1 aromatic heterocycles. The number of carbonyl (C=O) groups excluding carboxylic acids is 1. The highest BCUT2D eigenvalue weighted by Gasteiger charge is 2.30. The Morgan fingerprint density at radius 1 is 1.27 bits per heavy atom. The van der Waals surface area contributed by atoms with Crippen LogP contribution in [0.1, 0.15) is 42.1 Å². The van der Waals surface area contributed by atoms with Crippen molar-refractivity contribution in [2.75, 3.05) is 33.9 Å². The number of aromatic nitrogens is 1. The van der Waals surface area contributed by atoms with Gasteiger partial charge in [-0.25, -0.2) is 0 Å². The molecule has 1 fully saturated rings. The first-order chi connectivity index (χ1) is 14.6. The molecule has 0 saturated carbocycles. The molecular formula is C24H33N3O3. The fourth-order valence-electron chi connectivity index (χ4n) is 4.31. The molecule has 2 unspecified atom stereocenters. The van der Waals surface area contributed by atoms with Crippen LogP contribution in [0.25, 0.3) is 0 Å².